The first-order valence-electron chi connectivity index (χ1n) is 6.67. The van der Waals surface area contributed by atoms with Crippen LogP contribution in [0, 0.1) is 5.92 Å². The number of thioether (sulfide) groups is 1. The standard InChI is InChI=1S/C13H23N3OS/c1-10(2)6-14-7-12-9-17-13(15-12)16-4-5-18-11(3)8-16/h9-11,14H,4-8H2,1-3H3. The van der Waals surface area contributed by atoms with Gasteiger partial charge in [0.25, 0.3) is 6.01 Å². The third-order valence-electron chi connectivity index (χ3n) is 2.91. The smallest absolute Gasteiger partial charge is 0.297 e. The van der Waals surface area contributed by atoms with Crippen molar-refractivity contribution in [2.24, 2.45) is 5.92 Å². The van der Waals surface area contributed by atoms with Gasteiger partial charge in [-0.15, -0.1) is 0 Å². The van der Waals surface area contributed by atoms with E-state index in [1.54, 1.807) is 6.26 Å². The highest BCUT2D eigenvalue weighted by atomic mass is 32.2. The predicted octanol–water partition coefficient (Wildman–Crippen LogP) is 2.36. The summed E-state index contributed by atoms with van der Waals surface area (Å²) in [6.45, 7) is 10.5. The average molecular weight is 269 g/mol. The van der Waals surface area contributed by atoms with E-state index in [1.807, 2.05) is 11.8 Å². The van der Waals surface area contributed by atoms with Crippen LogP contribution in [0.4, 0.5) is 6.01 Å². The van der Waals surface area contributed by atoms with Gasteiger partial charge in [0.15, 0.2) is 0 Å². The minimum atomic E-state index is 0.660. The second-order valence-corrected chi connectivity index (χ2v) is 6.82. The predicted molar refractivity (Wildman–Crippen MR) is 77.2 cm³/mol. The monoisotopic (exact) mass is 269 g/mol. The molecule has 2 heterocycles. The normalized spacial score (nSPS) is 20.7. The number of rotatable bonds is 5. The maximum absolute atomic E-state index is 5.58. The summed E-state index contributed by atoms with van der Waals surface area (Å²) in [6, 6.07) is 0.781. The number of hydrogen-bond donors (Lipinski definition) is 1. The highest BCUT2D eigenvalue weighted by Gasteiger charge is 2.20. The molecule has 0 aromatic carbocycles. The van der Waals surface area contributed by atoms with Crippen molar-refractivity contribution in [2.75, 3.05) is 30.3 Å². The first-order valence-corrected chi connectivity index (χ1v) is 7.71. The summed E-state index contributed by atoms with van der Waals surface area (Å²) in [5.74, 6) is 1.82. The van der Waals surface area contributed by atoms with Gasteiger partial charge in [-0.25, -0.2) is 0 Å². The van der Waals surface area contributed by atoms with Crippen LogP contribution in [-0.2, 0) is 6.54 Å². The minimum absolute atomic E-state index is 0.660. The molecule has 0 saturated carbocycles. The Kier molecular flexibility index (Phi) is 4.95. The lowest BCUT2D eigenvalue weighted by Crippen LogP contribution is -2.36. The van der Waals surface area contributed by atoms with Crippen LogP contribution in [0.2, 0.25) is 0 Å². The van der Waals surface area contributed by atoms with Crippen molar-refractivity contribution in [3.05, 3.63) is 12.0 Å². The zero-order valence-electron chi connectivity index (χ0n) is 11.5. The molecule has 1 aromatic rings. The Morgan fingerprint density at radius 1 is 1.61 bits per heavy atom. The molecule has 1 aromatic heterocycles. The average Bonchev–Trinajstić information content (AvgIpc) is 2.77. The highest BCUT2D eigenvalue weighted by molar-refractivity contribution is 8.00. The molecule has 1 aliphatic heterocycles. The first kappa shape index (κ1) is 13.7. The second-order valence-electron chi connectivity index (χ2n) is 5.27. The highest BCUT2D eigenvalue weighted by Crippen LogP contribution is 2.23. The fourth-order valence-corrected chi connectivity index (χ4v) is 3.02. The molecule has 4 nitrogen and oxygen atoms in total. The van der Waals surface area contributed by atoms with Crippen molar-refractivity contribution >= 4 is 17.8 Å². The first-order chi connectivity index (χ1) is 8.65. The van der Waals surface area contributed by atoms with Gasteiger partial charge in [-0.1, -0.05) is 20.8 Å². The summed E-state index contributed by atoms with van der Waals surface area (Å²) in [5, 5.41) is 4.04. The zero-order chi connectivity index (χ0) is 13.0. The van der Waals surface area contributed by atoms with Crippen molar-refractivity contribution in [3.8, 4) is 0 Å². The van der Waals surface area contributed by atoms with Crippen molar-refractivity contribution < 1.29 is 4.42 Å². The van der Waals surface area contributed by atoms with E-state index in [-0.39, 0.29) is 0 Å². The molecule has 0 aliphatic carbocycles. The van der Waals surface area contributed by atoms with E-state index in [2.05, 4.69) is 36.0 Å². The number of hydrogen-bond acceptors (Lipinski definition) is 5. The minimum Gasteiger partial charge on any atom is -0.432 e. The summed E-state index contributed by atoms with van der Waals surface area (Å²) in [5.41, 5.74) is 0.997. The van der Waals surface area contributed by atoms with E-state index < -0.39 is 0 Å². The van der Waals surface area contributed by atoms with Gasteiger partial charge in [0, 0.05) is 30.6 Å². The van der Waals surface area contributed by atoms with Gasteiger partial charge in [-0.05, 0) is 12.5 Å². The Morgan fingerprint density at radius 2 is 2.44 bits per heavy atom. The van der Waals surface area contributed by atoms with Crippen LogP contribution in [-0.4, -0.2) is 35.6 Å². The molecule has 1 unspecified atom stereocenters. The van der Waals surface area contributed by atoms with Crippen molar-refractivity contribution in [1.82, 2.24) is 10.3 Å². The van der Waals surface area contributed by atoms with Crippen LogP contribution in [0.1, 0.15) is 26.5 Å². The SMILES string of the molecule is CC(C)CNCc1coc(N2CCSC(C)C2)n1. The van der Waals surface area contributed by atoms with E-state index in [9.17, 15) is 0 Å². The fourth-order valence-electron chi connectivity index (χ4n) is 2.00. The molecule has 1 N–H and O–H groups in total. The molecule has 0 bridgehead atoms. The maximum Gasteiger partial charge on any atom is 0.297 e. The van der Waals surface area contributed by atoms with Crippen LogP contribution in [0.25, 0.3) is 0 Å². The van der Waals surface area contributed by atoms with Crippen molar-refractivity contribution in [3.63, 3.8) is 0 Å². The number of nitrogens with one attached hydrogen (secondary N) is 1. The van der Waals surface area contributed by atoms with Gasteiger partial charge in [0.05, 0.1) is 5.69 Å². The molecule has 0 amide bonds. The molecule has 1 saturated heterocycles. The zero-order valence-corrected chi connectivity index (χ0v) is 12.3. The van der Waals surface area contributed by atoms with Gasteiger partial charge >= 0.3 is 0 Å². The number of aromatic nitrogens is 1. The van der Waals surface area contributed by atoms with Crippen LogP contribution in [0.3, 0.4) is 0 Å². The summed E-state index contributed by atoms with van der Waals surface area (Å²) < 4.78 is 5.58. The number of oxazole rings is 1. The summed E-state index contributed by atoms with van der Waals surface area (Å²) >= 11 is 2.02. The molecule has 1 aliphatic rings. The molecule has 1 atom stereocenters. The van der Waals surface area contributed by atoms with Gasteiger partial charge in [-0.3, -0.25) is 0 Å². The van der Waals surface area contributed by atoms with Crippen LogP contribution in [0.5, 0.6) is 0 Å². The molecule has 18 heavy (non-hydrogen) atoms. The second kappa shape index (κ2) is 6.48. The third kappa shape index (κ3) is 3.92. The number of nitrogens with zero attached hydrogens (tertiary/aromatic N) is 2. The fraction of sp³-hybridized carbons (Fsp3) is 0.769. The Morgan fingerprint density at radius 3 is 3.17 bits per heavy atom. The Bertz CT molecular complexity index is 367. The number of anilines is 1. The quantitative estimate of drug-likeness (QED) is 0.888. The van der Waals surface area contributed by atoms with E-state index in [1.165, 1.54) is 0 Å². The molecular weight excluding hydrogens is 246 g/mol. The lowest BCUT2D eigenvalue weighted by molar-refractivity contribution is 0.528. The summed E-state index contributed by atoms with van der Waals surface area (Å²) in [4.78, 5) is 6.80. The van der Waals surface area contributed by atoms with Crippen LogP contribution >= 0.6 is 11.8 Å². The van der Waals surface area contributed by atoms with Gasteiger partial charge < -0.3 is 14.6 Å². The van der Waals surface area contributed by atoms with Crippen LogP contribution in [0.15, 0.2) is 10.7 Å². The molecule has 2 rings (SSSR count). The van der Waals surface area contributed by atoms with Gasteiger partial charge in [0.1, 0.15) is 6.26 Å². The third-order valence-corrected chi connectivity index (χ3v) is 4.05. The van der Waals surface area contributed by atoms with E-state index in [4.69, 9.17) is 4.42 Å². The largest absolute Gasteiger partial charge is 0.432 e. The molecule has 5 heteroatoms. The van der Waals surface area contributed by atoms with E-state index in [0.29, 0.717) is 11.2 Å². The van der Waals surface area contributed by atoms with Gasteiger partial charge in [-0.2, -0.15) is 16.7 Å². The molecule has 0 spiro atoms. The molecule has 102 valence electrons. The maximum atomic E-state index is 5.58. The Labute approximate surface area is 114 Å². The molecule has 0 radical (unpaired) electrons. The summed E-state index contributed by atoms with van der Waals surface area (Å²) in [7, 11) is 0. The van der Waals surface area contributed by atoms with E-state index >= 15 is 0 Å². The topological polar surface area (TPSA) is 41.3 Å². The van der Waals surface area contributed by atoms with Crippen LogP contribution < -0.4 is 10.2 Å². The van der Waals surface area contributed by atoms with E-state index in [0.717, 1.165) is 43.6 Å². The van der Waals surface area contributed by atoms with Crippen molar-refractivity contribution in [2.45, 2.75) is 32.6 Å². The lowest BCUT2D eigenvalue weighted by atomic mass is 10.2. The Hall–Kier alpha value is -0.680. The van der Waals surface area contributed by atoms with Gasteiger partial charge in [0.2, 0.25) is 0 Å². The lowest BCUT2D eigenvalue weighted by Gasteiger charge is -2.28. The van der Waals surface area contributed by atoms with Crippen molar-refractivity contribution in [1.29, 1.82) is 0 Å². The summed E-state index contributed by atoms with van der Waals surface area (Å²) in [6.07, 6.45) is 1.77. The molecule has 1 fully saturated rings. The Balaban J connectivity index is 1.85. The molecular formula is C13H23N3OS.